The van der Waals surface area contributed by atoms with Crippen LogP contribution in [-0.2, 0) is 12.8 Å². The zero-order chi connectivity index (χ0) is 18.9. The average Bonchev–Trinajstić information content (AvgIpc) is 3.45. The molecule has 0 saturated heterocycles. The average molecular weight is 374 g/mol. The van der Waals surface area contributed by atoms with Crippen LogP contribution >= 0.6 is 0 Å². The fraction of sp³-hybridized carbons (Fsp3) is 0.318. The molecule has 0 spiro atoms. The summed E-state index contributed by atoms with van der Waals surface area (Å²) in [5.41, 5.74) is 3.17. The first-order valence-electron chi connectivity index (χ1n) is 9.80. The van der Waals surface area contributed by atoms with Gasteiger partial charge in [0.2, 0.25) is 5.88 Å². The highest BCUT2D eigenvalue weighted by Gasteiger charge is 2.39. The van der Waals surface area contributed by atoms with Crippen molar-refractivity contribution in [2.75, 3.05) is 0 Å². The lowest BCUT2D eigenvalue weighted by atomic mass is 9.92. The summed E-state index contributed by atoms with van der Waals surface area (Å²) in [5, 5.41) is 7.23. The van der Waals surface area contributed by atoms with Crippen molar-refractivity contribution in [3.63, 3.8) is 0 Å². The minimum atomic E-state index is 0.115. The van der Waals surface area contributed by atoms with Gasteiger partial charge in [-0.2, -0.15) is 5.10 Å². The number of nitrogens with zero attached hydrogens (tertiary/aromatic N) is 3. The van der Waals surface area contributed by atoms with Gasteiger partial charge in [-0.05, 0) is 68.0 Å². The highest BCUT2D eigenvalue weighted by Crippen LogP contribution is 2.34. The largest absolute Gasteiger partial charge is 0.439 e. The van der Waals surface area contributed by atoms with Crippen LogP contribution in [0, 0.1) is 0 Å². The fourth-order valence-electron chi connectivity index (χ4n) is 3.96. The third kappa shape index (κ3) is 3.38. The van der Waals surface area contributed by atoms with Crippen molar-refractivity contribution in [1.82, 2.24) is 20.1 Å². The molecule has 1 atom stereocenters. The Hall–Kier alpha value is -3.15. The van der Waals surface area contributed by atoms with Crippen LogP contribution in [0.3, 0.4) is 0 Å². The maximum absolute atomic E-state index is 13.3. The van der Waals surface area contributed by atoms with Crippen molar-refractivity contribution in [1.29, 1.82) is 0 Å². The summed E-state index contributed by atoms with van der Waals surface area (Å²) in [6.07, 6.45) is 8.61. The molecule has 2 aromatic heterocycles. The van der Waals surface area contributed by atoms with Gasteiger partial charge in [0.05, 0.1) is 6.20 Å². The van der Waals surface area contributed by atoms with Crippen molar-refractivity contribution >= 4 is 5.91 Å². The number of amides is 1. The Morgan fingerprint density at radius 2 is 1.93 bits per heavy atom. The molecule has 28 heavy (non-hydrogen) atoms. The second-order valence-electron chi connectivity index (χ2n) is 7.51. The van der Waals surface area contributed by atoms with Crippen LogP contribution in [0.1, 0.15) is 40.9 Å². The summed E-state index contributed by atoms with van der Waals surface area (Å²) in [6, 6.07) is 13.5. The molecule has 1 saturated carbocycles. The quantitative estimate of drug-likeness (QED) is 0.738. The van der Waals surface area contributed by atoms with Gasteiger partial charge in [-0.15, -0.1) is 0 Å². The standard InChI is InChI=1S/C22H22N4O2/c27-22(15-4-9-19(10-5-15)28-21-3-1-2-12-23-21)26(17-6-7-17)18-8-11-20-16(13-18)14-24-25-20/h1-5,9-10,12,14,17-18H,6-8,11,13H2,(H,24,25). The van der Waals surface area contributed by atoms with Gasteiger partial charge in [0.1, 0.15) is 5.75 Å². The van der Waals surface area contributed by atoms with Crippen molar-refractivity contribution in [3.05, 3.63) is 71.7 Å². The molecule has 1 fully saturated rings. The molecule has 3 aromatic rings. The van der Waals surface area contributed by atoms with E-state index in [1.807, 2.05) is 42.6 Å². The molecule has 0 bridgehead atoms. The topological polar surface area (TPSA) is 71.1 Å². The van der Waals surface area contributed by atoms with Gasteiger partial charge in [0.25, 0.3) is 5.91 Å². The molecule has 0 radical (unpaired) electrons. The number of carbonyl (C=O) groups is 1. The smallest absolute Gasteiger partial charge is 0.254 e. The van der Waals surface area contributed by atoms with Gasteiger partial charge in [-0.3, -0.25) is 9.89 Å². The minimum absolute atomic E-state index is 0.115. The van der Waals surface area contributed by atoms with Gasteiger partial charge >= 0.3 is 0 Å². The maximum atomic E-state index is 13.3. The van der Waals surface area contributed by atoms with Gasteiger partial charge in [0.15, 0.2) is 0 Å². The first-order chi connectivity index (χ1) is 13.8. The van der Waals surface area contributed by atoms with Gasteiger partial charge in [0, 0.05) is 35.6 Å². The monoisotopic (exact) mass is 374 g/mol. The molecular formula is C22H22N4O2. The highest BCUT2D eigenvalue weighted by atomic mass is 16.5. The third-order valence-corrected chi connectivity index (χ3v) is 5.52. The van der Waals surface area contributed by atoms with Crippen molar-refractivity contribution < 1.29 is 9.53 Å². The van der Waals surface area contributed by atoms with Crippen LogP contribution in [0.2, 0.25) is 0 Å². The number of benzene rings is 1. The molecule has 2 aliphatic rings. The Labute approximate surface area is 163 Å². The first-order valence-corrected chi connectivity index (χ1v) is 9.80. The summed E-state index contributed by atoms with van der Waals surface area (Å²) < 4.78 is 5.73. The number of pyridine rings is 1. The number of aryl methyl sites for hydroxylation is 1. The lowest BCUT2D eigenvalue weighted by molar-refractivity contribution is 0.0643. The summed E-state index contributed by atoms with van der Waals surface area (Å²) in [7, 11) is 0. The second-order valence-corrected chi connectivity index (χ2v) is 7.51. The van der Waals surface area contributed by atoms with Gasteiger partial charge in [-0.25, -0.2) is 4.98 Å². The predicted octanol–water partition coefficient (Wildman–Crippen LogP) is 3.76. The van der Waals surface area contributed by atoms with Crippen LogP contribution < -0.4 is 4.74 Å². The van der Waals surface area contributed by atoms with E-state index in [9.17, 15) is 4.79 Å². The number of aromatic nitrogens is 3. The molecule has 1 N–H and O–H groups in total. The molecule has 1 amide bonds. The molecule has 2 heterocycles. The Morgan fingerprint density at radius 1 is 1.07 bits per heavy atom. The molecule has 6 nitrogen and oxygen atoms in total. The summed E-state index contributed by atoms with van der Waals surface area (Å²) >= 11 is 0. The number of fused-ring (bicyclic) bond motifs is 1. The molecule has 0 aliphatic heterocycles. The zero-order valence-electron chi connectivity index (χ0n) is 15.5. The van der Waals surface area contributed by atoms with Gasteiger partial charge < -0.3 is 9.64 Å². The highest BCUT2D eigenvalue weighted by molar-refractivity contribution is 5.95. The molecule has 5 rings (SSSR count). The summed E-state index contributed by atoms with van der Waals surface area (Å²) in [5.74, 6) is 1.33. The zero-order valence-corrected chi connectivity index (χ0v) is 15.5. The first kappa shape index (κ1) is 17.0. The van der Waals surface area contributed by atoms with E-state index in [1.165, 1.54) is 11.3 Å². The minimum Gasteiger partial charge on any atom is -0.439 e. The van der Waals surface area contributed by atoms with Gasteiger partial charge in [-0.1, -0.05) is 6.07 Å². The molecular weight excluding hydrogens is 352 g/mol. The van der Waals surface area contributed by atoms with Crippen LogP contribution in [0.25, 0.3) is 0 Å². The number of hydrogen-bond donors (Lipinski definition) is 1. The normalized spacial score (nSPS) is 18.4. The van der Waals surface area contributed by atoms with E-state index in [2.05, 4.69) is 20.1 Å². The van der Waals surface area contributed by atoms with E-state index in [-0.39, 0.29) is 11.9 Å². The van der Waals surface area contributed by atoms with Crippen LogP contribution in [-0.4, -0.2) is 38.1 Å². The van der Waals surface area contributed by atoms with Crippen LogP contribution in [0.4, 0.5) is 0 Å². The van der Waals surface area contributed by atoms with E-state index < -0.39 is 0 Å². The number of nitrogens with one attached hydrogen (secondary N) is 1. The maximum Gasteiger partial charge on any atom is 0.254 e. The summed E-state index contributed by atoms with van der Waals surface area (Å²) in [4.78, 5) is 19.6. The lowest BCUT2D eigenvalue weighted by Gasteiger charge is -2.34. The van der Waals surface area contributed by atoms with E-state index in [0.29, 0.717) is 23.2 Å². The molecule has 6 heteroatoms. The third-order valence-electron chi connectivity index (χ3n) is 5.52. The van der Waals surface area contributed by atoms with Crippen molar-refractivity contribution in [2.24, 2.45) is 0 Å². The Bertz CT molecular complexity index is 964. The fourth-order valence-corrected chi connectivity index (χ4v) is 3.96. The molecule has 142 valence electrons. The number of H-pyrrole nitrogens is 1. The molecule has 2 aliphatic carbocycles. The van der Waals surface area contributed by atoms with E-state index >= 15 is 0 Å². The van der Waals surface area contributed by atoms with E-state index in [0.717, 1.165) is 32.1 Å². The Morgan fingerprint density at radius 3 is 2.68 bits per heavy atom. The van der Waals surface area contributed by atoms with Crippen molar-refractivity contribution in [3.8, 4) is 11.6 Å². The van der Waals surface area contributed by atoms with Crippen LogP contribution in [0.5, 0.6) is 11.6 Å². The lowest BCUT2D eigenvalue weighted by Crippen LogP contribution is -2.44. The predicted molar refractivity (Wildman–Crippen MR) is 104 cm³/mol. The second kappa shape index (κ2) is 7.11. The van der Waals surface area contributed by atoms with Crippen molar-refractivity contribution in [2.45, 2.75) is 44.2 Å². The van der Waals surface area contributed by atoms with E-state index in [4.69, 9.17) is 4.74 Å². The summed E-state index contributed by atoms with van der Waals surface area (Å²) in [6.45, 7) is 0. The number of hydrogen-bond acceptors (Lipinski definition) is 4. The Kier molecular flexibility index (Phi) is 4.31. The SMILES string of the molecule is O=C(c1ccc(Oc2ccccn2)cc1)N(C1CC1)C1CCc2[nH]ncc2C1. The molecule has 1 aromatic carbocycles. The van der Waals surface area contributed by atoms with E-state index in [1.54, 1.807) is 12.3 Å². The number of carbonyl (C=O) groups excluding carboxylic acids is 1. The number of rotatable bonds is 5. The molecule has 1 unspecified atom stereocenters. The number of aromatic amines is 1. The Balaban J connectivity index is 1.32. The number of ether oxygens (including phenoxy) is 1. The van der Waals surface area contributed by atoms with Crippen LogP contribution in [0.15, 0.2) is 54.9 Å².